The number of carbonyl (C=O) groups is 3. The van der Waals surface area contributed by atoms with Crippen molar-refractivity contribution in [2.75, 3.05) is 12.3 Å². The number of carboxylic acids is 1. The van der Waals surface area contributed by atoms with Gasteiger partial charge in [0.2, 0.25) is 11.8 Å². The number of primary amides is 1. The molecule has 9 nitrogen and oxygen atoms in total. The molecule has 10 heteroatoms. The van der Waals surface area contributed by atoms with Gasteiger partial charge in [0.1, 0.15) is 0 Å². The van der Waals surface area contributed by atoms with E-state index in [-0.39, 0.29) is 40.3 Å². The number of aliphatic carboxylic acids is 1. The lowest BCUT2D eigenvalue weighted by molar-refractivity contribution is -0.387. The summed E-state index contributed by atoms with van der Waals surface area (Å²) in [4.78, 5) is 46.6. The van der Waals surface area contributed by atoms with E-state index in [0.29, 0.717) is 13.0 Å². The van der Waals surface area contributed by atoms with Crippen molar-refractivity contribution in [1.29, 1.82) is 0 Å². The summed E-state index contributed by atoms with van der Waals surface area (Å²) in [5.41, 5.74) is 4.84. The van der Waals surface area contributed by atoms with E-state index in [1.54, 1.807) is 0 Å². The molecule has 1 aliphatic rings. The lowest BCUT2D eigenvalue weighted by Gasteiger charge is -2.23. The normalized spacial score (nSPS) is 16.6. The average molecular weight is 367 g/mol. The third-order valence-electron chi connectivity index (χ3n) is 3.90. The fourth-order valence-corrected chi connectivity index (χ4v) is 3.63. The Bertz CT molecular complexity index is 723. The molecule has 3 N–H and O–H groups in total. The topological polar surface area (TPSA) is 144 Å². The molecular weight excluding hydrogens is 350 g/mol. The largest absolute Gasteiger partial charge is 0.481 e. The van der Waals surface area contributed by atoms with Gasteiger partial charge in [0.15, 0.2) is 0 Å². The van der Waals surface area contributed by atoms with E-state index >= 15 is 0 Å². The zero-order valence-electron chi connectivity index (χ0n) is 13.2. The molecule has 134 valence electrons. The van der Waals surface area contributed by atoms with Gasteiger partial charge in [0, 0.05) is 24.2 Å². The molecule has 1 aliphatic heterocycles. The molecule has 2 rings (SSSR count). The molecule has 0 spiro atoms. The van der Waals surface area contributed by atoms with Crippen LogP contribution in [0.5, 0.6) is 0 Å². The van der Waals surface area contributed by atoms with Gasteiger partial charge in [0.25, 0.3) is 5.69 Å². The molecule has 0 aliphatic carbocycles. The van der Waals surface area contributed by atoms with Crippen molar-refractivity contribution < 1.29 is 24.4 Å². The Hall–Kier alpha value is -2.62. The predicted molar refractivity (Wildman–Crippen MR) is 89.3 cm³/mol. The van der Waals surface area contributed by atoms with E-state index in [4.69, 9.17) is 10.8 Å². The molecule has 0 radical (unpaired) electrons. The number of nitrogens with two attached hydrogens (primary N) is 1. The molecule has 1 heterocycles. The molecule has 1 aromatic carbocycles. The minimum absolute atomic E-state index is 0.0171. The number of hydrogen-bond donors (Lipinski definition) is 2. The minimum Gasteiger partial charge on any atom is -0.481 e. The molecule has 2 amide bonds. The summed E-state index contributed by atoms with van der Waals surface area (Å²) in [6, 6.07) is 3.50. The number of hydrogen-bond acceptors (Lipinski definition) is 6. The maximum atomic E-state index is 12.3. The van der Waals surface area contributed by atoms with Crippen molar-refractivity contribution in [2.45, 2.75) is 30.2 Å². The smallest absolute Gasteiger partial charge is 0.305 e. The van der Waals surface area contributed by atoms with Crippen LogP contribution >= 0.6 is 11.8 Å². The first kappa shape index (κ1) is 18.7. The number of nitro benzene ring substituents is 1. The van der Waals surface area contributed by atoms with E-state index in [0.717, 1.165) is 24.2 Å². The van der Waals surface area contributed by atoms with Crippen LogP contribution in [-0.4, -0.2) is 51.1 Å². The first-order valence-electron chi connectivity index (χ1n) is 7.52. The quantitative estimate of drug-likeness (QED) is 0.419. The first-order chi connectivity index (χ1) is 11.8. The van der Waals surface area contributed by atoms with Crippen LogP contribution in [0.3, 0.4) is 0 Å². The van der Waals surface area contributed by atoms with E-state index in [2.05, 4.69) is 0 Å². The van der Waals surface area contributed by atoms with Crippen LogP contribution in [0.15, 0.2) is 23.1 Å². The molecule has 0 aromatic heterocycles. The van der Waals surface area contributed by atoms with Crippen molar-refractivity contribution in [3.05, 3.63) is 33.9 Å². The van der Waals surface area contributed by atoms with Gasteiger partial charge in [0.05, 0.1) is 22.0 Å². The van der Waals surface area contributed by atoms with E-state index in [9.17, 15) is 24.5 Å². The standard InChI is InChI=1S/C15H17N3O6S/c16-15(22)9-3-4-12(11(6-9)18(23)24)25-8-13(19)17-5-1-2-10(17)7-14(20)21/h3-4,6,10H,1-2,5,7-8H2,(H2,16,22)(H,20,21). The van der Waals surface area contributed by atoms with Gasteiger partial charge >= 0.3 is 5.97 Å². The Morgan fingerprint density at radius 3 is 2.72 bits per heavy atom. The van der Waals surface area contributed by atoms with Gasteiger partial charge in [-0.15, -0.1) is 11.8 Å². The minimum atomic E-state index is -0.963. The van der Waals surface area contributed by atoms with Crippen LogP contribution in [-0.2, 0) is 9.59 Å². The Morgan fingerprint density at radius 1 is 1.40 bits per heavy atom. The third kappa shape index (κ3) is 4.69. The maximum Gasteiger partial charge on any atom is 0.305 e. The molecule has 1 fully saturated rings. The summed E-state index contributed by atoms with van der Waals surface area (Å²) in [7, 11) is 0. The summed E-state index contributed by atoms with van der Waals surface area (Å²) >= 11 is 0.979. The second kappa shape index (κ2) is 7.97. The average Bonchev–Trinajstić information content (AvgIpc) is 2.99. The van der Waals surface area contributed by atoms with E-state index in [1.807, 2.05) is 0 Å². The maximum absolute atomic E-state index is 12.3. The summed E-state index contributed by atoms with van der Waals surface area (Å²) in [6.45, 7) is 0.486. The molecule has 0 bridgehead atoms. The van der Waals surface area contributed by atoms with Crippen molar-refractivity contribution >= 4 is 35.2 Å². The fraction of sp³-hybridized carbons (Fsp3) is 0.400. The van der Waals surface area contributed by atoms with Gasteiger partial charge in [-0.1, -0.05) is 0 Å². The molecule has 1 aromatic rings. The zero-order chi connectivity index (χ0) is 18.6. The van der Waals surface area contributed by atoms with Gasteiger partial charge in [-0.2, -0.15) is 0 Å². The van der Waals surface area contributed by atoms with E-state index in [1.165, 1.54) is 17.0 Å². The number of nitrogens with zero attached hydrogens (tertiary/aromatic N) is 2. The Kier molecular flexibility index (Phi) is 5.97. The molecular formula is C15H17N3O6S. The van der Waals surface area contributed by atoms with Crippen LogP contribution in [0.4, 0.5) is 5.69 Å². The van der Waals surface area contributed by atoms with Crippen LogP contribution in [0, 0.1) is 10.1 Å². The van der Waals surface area contributed by atoms with Crippen molar-refractivity contribution in [3.8, 4) is 0 Å². The highest BCUT2D eigenvalue weighted by atomic mass is 32.2. The number of nitro groups is 1. The highest BCUT2D eigenvalue weighted by Crippen LogP contribution is 2.31. The van der Waals surface area contributed by atoms with Crippen LogP contribution in [0.1, 0.15) is 29.6 Å². The lowest BCUT2D eigenvalue weighted by Crippen LogP contribution is -2.37. The lowest BCUT2D eigenvalue weighted by atomic mass is 10.1. The second-order valence-corrected chi connectivity index (χ2v) is 6.59. The monoisotopic (exact) mass is 367 g/mol. The summed E-state index contributed by atoms with van der Waals surface area (Å²) < 4.78 is 0. The number of rotatable bonds is 7. The summed E-state index contributed by atoms with van der Waals surface area (Å²) in [5.74, 6) is -2.05. The highest BCUT2D eigenvalue weighted by Gasteiger charge is 2.30. The summed E-state index contributed by atoms with van der Waals surface area (Å²) in [5, 5.41) is 20.0. The number of thioether (sulfide) groups is 1. The van der Waals surface area contributed by atoms with E-state index < -0.39 is 16.8 Å². The molecule has 1 saturated heterocycles. The number of amides is 2. The van der Waals surface area contributed by atoms with Gasteiger partial charge in [-0.3, -0.25) is 24.5 Å². The number of likely N-dealkylation sites (tertiary alicyclic amines) is 1. The molecule has 0 saturated carbocycles. The Labute approximate surface area is 147 Å². The van der Waals surface area contributed by atoms with Gasteiger partial charge in [-0.05, 0) is 25.0 Å². The number of benzene rings is 1. The van der Waals surface area contributed by atoms with Crippen molar-refractivity contribution in [2.24, 2.45) is 5.73 Å². The SMILES string of the molecule is NC(=O)c1ccc(SCC(=O)N2CCCC2CC(=O)O)c([N+](=O)[O-])c1. The van der Waals surface area contributed by atoms with Crippen LogP contribution in [0.2, 0.25) is 0 Å². The first-order valence-corrected chi connectivity index (χ1v) is 8.50. The van der Waals surface area contributed by atoms with Gasteiger partial charge in [-0.25, -0.2) is 0 Å². The van der Waals surface area contributed by atoms with Crippen LogP contribution in [0.25, 0.3) is 0 Å². The van der Waals surface area contributed by atoms with Crippen molar-refractivity contribution in [3.63, 3.8) is 0 Å². The number of carbonyl (C=O) groups excluding carboxylic acids is 2. The Morgan fingerprint density at radius 2 is 2.12 bits per heavy atom. The van der Waals surface area contributed by atoms with Crippen LogP contribution < -0.4 is 5.73 Å². The summed E-state index contributed by atoms with van der Waals surface area (Å²) in [6.07, 6.45) is 1.27. The zero-order valence-corrected chi connectivity index (χ0v) is 14.0. The molecule has 25 heavy (non-hydrogen) atoms. The fourth-order valence-electron chi connectivity index (χ4n) is 2.74. The van der Waals surface area contributed by atoms with Gasteiger partial charge < -0.3 is 15.7 Å². The molecule has 1 atom stereocenters. The second-order valence-electron chi connectivity index (χ2n) is 5.57. The van der Waals surface area contributed by atoms with Crippen molar-refractivity contribution in [1.82, 2.24) is 4.90 Å². The predicted octanol–water partition coefficient (Wildman–Crippen LogP) is 1.25. The number of carboxylic acid groups (broad SMARTS) is 1. The highest BCUT2D eigenvalue weighted by molar-refractivity contribution is 8.00. The molecule has 1 unspecified atom stereocenters. The Balaban J connectivity index is 2.07. The third-order valence-corrected chi connectivity index (χ3v) is 4.95.